The second-order valence-electron chi connectivity index (χ2n) is 3.16. The summed E-state index contributed by atoms with van der Waals surface area (Å²) in [6, 6.07) is -0.00866. The summed E-state index contributed by atoms with van der Waals surface area (Å²) >= 11 is 0. The van der Waals surface area contributed by atoms with E-state index in [1.165, 1.54) is 0 Å². The topological polar surface area (TPSA) is 32.3 Å². The summed E-state index contributed by atoms with van der Waals surface area (Å²) in [5, 5.41) is 2.58. The third kappa shape index (κ3) is 4.65. The molecule has 0 radical (unpaired) electrons. The van der Waals surface area contributed by atoms with Gasteiger partial charge in [0.05, 0.1) is 0 Å². The van der Waals surface area contributed by atoms with Crippen molar-refractivity contribution in [1.82, 2.24) is 10.2 Å². The number of rotatable bonds is 3. The minimum Gasteiger partial charge on any atom is -0.341 e. The van der Waals surface area contributed by atoms with E-state index < -0.39 is 0 Å². The maximum absolute atomic E-state index is 10.9. The van der Waals surface area contributed by atoms with Crippen molar-refractivity contribution in [2.45, 2.75) is 20.3 Å². The molecule has 0 aromatic heterocycles. The third-order valence-electron chi connectivity index (χ3n) is 1.60. The Hall–Kier alpha value is -0.730. The summed E-state index contributed by atoms with van der Waals surface area (Å²) < 4.78 is 0. The van der Waals surface area contributed by atoms with E-state index in [9.17, 15) is 4.79 Å². The third-order valence-corrected chi connectivity index (χ3v) is 1.60. The fourth-order valence-corrected chi connectivity index (χ4v) is 0.744. The number of hydrogen-bond acceptors (Lipinski definition) is 1. The molecule has 0 aliphatic rings. The van der Waals surface area contributed by atoms with Gasteiger partial charge in [-0.3, -0.25) is 0 Å². The van der Waals surface area contributed by atoms with Gasteiger partial charge in [0.2, 0.25) is 0 Å². The summed E-state index contributed by atoms with van der Waals surface area (Å²) in [5.74, 6) is 0.655. The summed E-state index contributed by atoms with van der Waals surface area (Å²) in [6.45, 7) is 5.13. The Morgan fingerprint density at radius 1 is 1.55 bits per heavy atom. The highest BCUT2D eigenvalue weighted by Crippen LogP contribution is 1.99. The van der Waals surface area contributed by atoms with Gasteiger partial charge in [-0.1, -0.05) is 13.8 Å². The molecule has 0 bridgehead atoms. The van der Waals surface area contributed by atoms with Crippen LogP contribution in [-0.4, -0.2) is 31.6 Å². The van der Waals surface area contributed by atoms with Gasteiger partial charge in [0.15, 0.2) is 0 Å². The van der Waals surface area contributed by atoms with E-state index in [0.717, 1.165) is 13.0 Å². The molecule has 0 aliphatic carbocycles. The van der Waals surface area contributed by atoms with Crippen molar-refractivity contribution in [3.63, 3.8) is 0 Å². The number of amides is 2. The lowest BCUT2D eigenvalue weighted by Crippen LogP contribution is -2.35. The van der Waals surface area contributed by atoms with Crippen LogP contribution < -0.4 is 5.32 Å². The SMILES string of the molecule is CNC(=O)N(C)CCC(C)C. The van der Waals surface area contributed by atoms with Gasteiger partial charge in [0, 0.05) is 20.6 Å². The first-order chi connectivity index (χ1) is 5.07. The molecule has 0 atom stereocenters. The molecule has 0 heterocycles. The maximum atomic E-state index is 10.9. The van der Waals surface area contributed by atoms with Crippen LogP contribution in [0.15, 0.2) is 0 Å². The smallest absolute Gasteiger partial charge is 0.316 e. The lowest BCUT2D eigenvalue weighted by atomic mass is 10.1. The maximum Gasteiger partial charge on any atom is 0.316 e. The summed E-state index contributed by atoms with van der Waals surface area (Å²) in [6.07, 6.45) is 1.06. The predicted molar refractivity (Wildman–Crippen MR) is 46.5 cm³/mol. The van der Waals surface area contributed by atoms with Gasteiger partial charge in [-0.05, 0) is 12.3 Å². The molecule has 0 aromatic rings. The number of nitrogens with zero attached hydrogens (tertiary/aromatic N) is 1. The van der Waals surface area contributed by atoms with Gasteiger partial charge in [-0.25, -0.2) is 4.79 Å². The molecule has 0 rings (SSSR count). The number of carbonyl (C=O) groups excluding carboxylic acids is 1. The molecule has 0 aliphatic heterocycles. The van der Waals surface area contributed by atoms with Gasteiger partial charge in [0.25, 0.3) is 0 Å². The van der Waals surface area contributed by atoms with Crippen molar-refractivity contribution in [2.75, 3.05) is 20.6 Å². The van der Waals surface area contributed by atoms with Gasteiger partial charge in [-0.15, -0.1) is 0 Å². The molecule has 0 unspecified atom stereocenters. The number of urea groups is 1. The number of carbonyl (C=O) groups is 1. The van der Waals surface area contributed by atoms with E-state index >= 15 is 0 Å². The zero-order valence-electron chi connectivity index (χ0n) is 7.85. The van der Waals surface area contributed by atoms with E-state index in [0.29, 0.717) is 5.92 Å². The number of nitrogens with one attached hydrogen (secondary N) is 1. The highest BCUT2D eigenvalue weighted by atomic mass is 16.2. The van der Waals surface area contributed by atoms with Gasteiger partial charge >= 0.3 is 6.03 Å². The van der Waals surface area contributed by atoms with Crippen molar-refractivity contribution >= 4 is 6.03 Å². The highest BCUT2D eigenvalue weighted by molar-refractivity contribution is 5.73. The average molecular weight is 158 g/mol. The van der Waals surface area contributed by atoms with Crippen LogP contribution in [0.4, 0.5) is 4.79 Å². The minimum absolute atomic E-state index is 0.00866. The Morgan fingerprint density at radius 3 is 2.45 bits per heavy atom. The first-order valence-electron chi connectivity index (χ1n) is 4.00. The Labute approximate surface area is 68.8 Å². The molecular weight excluding hydrogens is 140 g/mol. The second kappa shape index (κ2) is 4.99. The second-order valence-corrected chi connectivity index (χ2v) is 3.16. The van der Waals surface area contributed by atoms with Crippen LogP contribution in [0.1, 0.15) is 20.3 Å². The van der Waals surface area contributed by atoms with Gasteiger partial charge in [-0.2, -0.15) is 0 Å². The molecule has 0 spiro atoms. The molecule has 3 heteroatoms. The zero-order valence-corrected chi connectivity index (χ0v) is 7.85. The summed E-state index contributed by atoms with van der Waals surface area (Å²) in [4.78, 5) is 12.6. The monoisotopic (exact) mass is 158 g/mol. The van der Waals surface area contributed by atoms with E-state index in [1.807, 2.05) is 0 Å². The van der Waals surface area contributed by atoms with Crippen molar-refractivity contribution in [2.24, 2.45) is 5.92 Å². The van der Waals surface area contributed by atoms with Crippen LogP contribution in [0.25, 0.3) is 0 Å². The largest absolute Gasteiger partial charge is 0.341 e. The molecule has 0 fully saturated rings. The van der Waals surface area contributed by atoms with E-state index in [-0.39, 0.29) is 6.03 Å². The molecule has 3 nitrogen and oxygen atoms in total. The van der Waals surface area contributed by atoms with Crippen LogP contribution >= 0.6 is 0 Å². The van der Waals surface area contributed by atoms with E-state index in [1.54, 1.807) is 19.0 Å². The van der Waals surface area contributed by atoms with Crippen molar-refractivity contribution in [1.29, 1.82) is 0 Å². The number of hydrogen-bond donors (Lipinski definition) is 1. The molecule has 0 saturated carbocycles. The van der Waals surface area contributed by atoms with E-state index in [4.69, 9.17) is 0 Å². The van der Waals surface area contributed by atoms with Crippen LogP contribution in [0.5, 0.6) is 0 Å². The standard InChI is InChI=1S/C8H18N2O/c1-7(2)5-6-10(4)8(11)9-3/h7H,5-6H2,1-4H3,(H,9,11). The lowest BCUT2D eigenvalue weighted by Gasteiger charge is -2.17. The van der Waals surface area contributed by atoms with E-state index in [2.05, 4.69) is 19.2 Å². The Balaban J connectivity index is 3.52. The average Bonchev–Trinajstić information content (AvgIpc) is 1.98. The first-order valence-corrected chi connectivity index (χ1v) is 4.00. The molecule has 11 heavy (non-hydrogen) atoms. The lowest BCUT2D eigenvalue weighted by molar-refractivity contribution is 0.208. The minimum atomic E-state index is -0.00866. The van der Waals surface area contributed by atoms with Gasteiger partial charge in [0.1, 0.15) is 0 Å². The molecule has 0 saturated heterocycles. The summed E-state index contributed by atoms with van der Waals surface area (Å²) in [5.41, 5.74) is 0. The first kappa shape index (κ1) is 10.3. The van der Waals surface area contributed by atoms with Crippen molar-refractivity contribution in [3.05, 3.63) is 0 Å². The molecule has 0 aromatic carbocycles. The van der Waals surface area contributed by atoms with Gasteiger partial charge < -0.3 is 10.2 Å². The van der Waals surface area contributed by atoms with Crippen molar-refractivity contribution < 1.29 is 4.79 Å². The Morgan fingerprint density at radius 2 is 2.09 bits per heavy atom. The zero-order chi connectivity index (χ0) is 8.85. The summed E-state index contributed by atoms with van der Waals surface area (Å²) in [7, 11) is 3.45. The quantitative estimate of drug-likeness (QED) is 0.659. The van der Waals surface area contributed by atoms with Crippen LogP contribution in [0, 0.1) is 5.92 Å². The fourth-order valence-electron chi connectivity index (χ4n) is 0.744. The molecule has 2 amide bonds. The normalized spacial score (nSPS) is 9.91. The van der Waals surface area contributed by atoms with Crippen LogP contribution in [0.2, 0.25) is 0 Å². The predicted octanol–water partition coefficient (Wildman–Crippen LogP) is 1.30. The Kier molecular flexibility index (Phi) is 4.66. The van der Waals surface area contributed by atoms with Crippen molar-refractivity contribution in [3.8, 4) is 0 Å². The highest BCUT2D eigenvalue weighted by Gasteiger charge is 2.05. The Bertz CT molecular complexity index is 123. The molecule has 66 valence electrons. The molecule has 1 N–H and O–H groups in total. The molecular formula is C8H18N2O. The van der Waals surface area contributed by atoms with Crippen LogP contribution in [-0.2, 0) is 0 Å². The fraction of sp³-hybridized carbons (Fsp3) is 0.875. The van der Waals surface area contributed by atoms with Crippen LogP contribution in [0.3, 0.4) is 0 Å².